The summed E-state index contributed by atoms with van der Waals surface area (Å²) >= 11 is 0. The monoisotopic (exact) mass is 516 g/mol. The summed E-state index contributed by atoms with van der Waals surface area (Å²) in [4.78, 5) is 46.6. The minimum atomic E-state index is -5.43. The number of Topliss-reactive ketones (excluding diaryl/α,β-unsaturated/α-hetero) is 1. The second kappa shape index (κ2) is 9.83. The minimum absolute atomic E-state index is 0. The Balaban J connectivity index is 0.00000204. The van der Waals surface area contributed by atoms with Gasteiger partial charge in [0.2, 0.25) is 0 Å². The van der Waals surface area contributed by atoms with Gasteiger partial charge in [0.15, 0.2) is 17.2 Å². The fourth-order valence-electron chi connectivity index (χ4n) is 7.39. The summed E-state index contributed by atoms with van der Waals surface area (Å²) in [6.07, 6.45) is 3.54. The molecule has 178 valence electrons. The van der Waals surface area contributed by atoms with Crippen molar-refractivity contribution in [1.82, 2.24) is 0 Å². The van der Waals surface area contributed by atoms with Crippen LogP contribution in [0.3, 0.4) is 0 Å². The van der Waals surface area contributed by atoms with E-state index in [9.17, 15) is 34.2 Å². The molecule has 2 N–H and O–H groups in total. The number of phosphoric acid groups is 1. The van der Waals surface area contributed by atoms with Gasteiger partial charge in [-0.2, -0.15) is 0 Å². The molecule has 0 saturated heterocycles. The normalized spacial score (nSPS) is 45.2. The minimum Gasteiger partial charge on any atom is -0.790 e. The van der Waals surface area contributed by atoms with Gasteiger partial charge < -0.3 is 29.1 Å². The van der Waals surface area contributed by atoms with E-state index in [4.69, 9.17) is 0 Å². The number of rotatable bonds is 4. The van der Waals surface area contributed by atoms with Crippen LogP contribution in [0.2, 0.25) is 0 Å². The van der Waals surface area contributed by atoms with Crippen molar-refractivity contribution in [2.75, 3.05) is 6.61 Å². The zero-order valence-electron chi connectivity index (χ0n) is 20.2. The van der Waals surface area contributed by atoms with Gasteiger partial charge in [0, 0.05) is 16.7 Å². The molecule has 0 aromatic rings. The molecule has 34 heavy (non-hydrogen) atoms. The first-order chi connectivity index (χ1) is 14.6. The molecule has 8 atom stereocenters. The van der Waals surface area contributed by atoms with Gasteiger partial charge in [0.25, 0.3) is 0 Å². The van der Waals surface area contributed by atoms with Gasteiger partial charge in [-0.3, -0.25) is 9.59 Å². The van der Waals surface area contributed by atoms with Crippen molar-refractivity contribution in [3.63, 3.8) is 0 Å². The number of fused-ring (bicyclic) bond motifs is 5. The molecular formula is C22H28FNa2O8P. The van der Waals surface area contributed by atoms with Crippen molar-refractivity contribution < 1.29 is 102 Å². The van der Waals surface area contributed by atoms with E-state index in [1.165, 1.54) is 18.2 Å². The number of allylic oxidation sites excluding steroid dienone is 4. The third kappa shape index (κ3) is 4.20. The van der Waals surface area contributed by atoms with E-state index in [2.05, 4.69) is 4.52 Å². The van der Waals surface area contributed by atoms with Crippen LogP contribution < -0.4 is 68.9 Å². The summed E-state index contributed by atoms with van der Waals surface area (Å²) in [5.41, 5.74) is -6.03. The first-order valence-corrected chi connectivity index (χ1v) is 12.3. The standard InChI is InChI=1S/C22H30FO8P.2Na/c1-12-8-16-15-5-4-13-9-14(24)6-7-19(13,2)21(15,23)17(25)10-20(16,3)22(12,27)18(26)11-31-32(28,29)30;;/h6-7,9,12,15-17,25,27H,4-5,8,10-11H2,1-3H3,(H2,28,29,30);;/q;2*+1/p-2/t12-,15-,16-,17?,19-,20-,21-,22-;;/m0../s1. The Kier molecular flexibility index (Phi) is 8.96. The van der Waals surface area contributed by atoms with E-state index in [1.807, 2.05) is 0 Å². The molecule has 0 radical (unpaired) electrons. The van der Waals surface area contributed by atoms with E-state index in [-0.39, 0.29) is 77.7 Å². The van der Waals surface area contributed by atoms with Crippen molar-refractivity contribution in [3.8, 4) is 0 Å². The molecule has 0 bridgehead atoms. The van der Waals surface area contributed by atoms with Crippen LogP contribution in [0.4, 0.5) is 4.39 Å². The molecule has 1 unspecified atom stereocenters. The molecule has 0 spiro atoms. The van der Waals surface area contributed by atoms with Crippen LogP contribution in [0.5, 0.6) is 0 Å². The topological polar surface area (TPSA) is 147 Å². The Morgan fingerprint density at radius 3 is 2.50 bits per heavy atom. The summed E-state index contributed by atoms with van der Waals surface area (Å²) in [7, 11) is -5.43. The van der Waals surface area contributed by atoms with E-state index in [0.29, 0.717) is 18.4 Å². The second-order valence-electron chi connectivity index (χ2n) is 10.3. The molecule has 0 amide bonds. The molecule has 4 aliphatic rings. The smallest absolute Gasteiger partial charge is 0.790 e. The largest absolute Gasteiger partial charge is 1.00 e. The number of aliphatic hydroxyl groups excluding tert-OH is 1. The Morgan fingerprint density at radius 2 is 1.91 bits per heavy atom. The predicted molar refractivity (Wildman–Crippen MR) is 106 cm³/mol. The maximum atomic E-state index is 17.0. The van der Waals surface area contributed by atoms with E-state index in [1.54, 1.807) is 20.8 Å². The zero-order chi connectivity index (χ0) is 23.9. The van der Waals surface area contributed by atoms with Gasteiger partial charge in [0.05, 0.1) is 13.9 Å². The number of hydrogen-bond donors (Lipinski definition) is 2. The fraction of sp³-hybridized carbons (Fsp3) is 0.727. The van der Waals surface area contributed by atoms with Crippen molar-refractivity contribution in [2.24, 2.45) is 28.6 Å². The summed E-state index contributed by atoms with van der Waals surface area (Å²) in [6.45, 7) is 3.80. The molecule has 0 aromatic heterocycles. The average Bonchev–Trinajstić information content (AvgIpc) is 2.89. The van der Waals surface area contributed by atoms with Gasteiger partial charge in [-0.05, 0) is 56.6 Å². The van der Waals surface area contributed by atoms with Gasteiger partial charge in [-0.25, -0.2) is 4.39 Å². The van der Waals surface area contributed by atoms with E-state index < -0.39 is 66.2 Å². The van der Waals surface area contributed by atoms with Crippen molar-refractivity contribution in [1.29, 1.82) is 0 Å². The van der Waals surface area contributed by atoms with E-state index >= 15 is 4.39 Å². The fourth-order valence-corrected chi connectivity index (χ4v) is 7.66. The first kappa shape index (κ1) is 31.0. The second-order valence-corrected chi connectivity index (χ2v) is 11.5. The molecule has 0 aromatic carbocycles. The van der Waals surface area contributed by atoms with Crippen LogP contribution >= 0.6 is 7.82 Å². The van der Waals surface area contributed by atoms with Crippen molar-refractivity contribution in [2.45, 2.75) is 63.8 Å². The van der Waals surface area contributed by atoms with Crippen LogP contribution in [0.15, 0.2) is 23.8 Å². The molecule has 0 heterocycles. The maximum Gasteiger partial charge on any atom is 1.00 e. The predicted octanol–water partition coefficient (Wildman–Crippen LogP) is -5.24. The number of halogens is 1. The van der Waals surface area contributed by atoms with Gasteiger partial charge in [0.1, 0.15) is 12.2 Å². The SMILES string of the molecule is C[C@H]1C[C@H]2[C@@H]3CCC4=CC(=O)C=C[C@]4(C)[C@@]3(F)C(O)C[C@]2(C)[C@@]1(O)C(=O)COP(=O)([O-])[O-].[Na+].[Na+]. The number of aliphatic hydroxyl groups is 2. The molecule has 3 fully saturated rings. The Bertz CT molecular complexity index is 984. The van der Waals surface area contributed by atoms with Crippen molar-refractivity contribution in [3.05, 3.63) is 23.8 Å². The Labute approximate surface area is 242 Å². The third-order valence-electron chi connectivity index (χ3n) is 9.00. The quantitative estimate of drug-likeness (QED) is 0.279. The van der Waals surface area contributed by atoms with E-state index in [0.717, 1.165) is 0 Å². The molecule has 12 heteroatoms. The van der Waals surface area contributed by atoms with Gasteiger partial charge >= 0.3 is 59.1 Å². The molecule has 4 rings (SSSR count). The van der Waals surface area contributed by atoms with Crippen LogP contribution in [0.1, 0.15) is 46.5 Å². The van der Waals surface area contributed by atoms with Crippen molar-refractivity contribution >= 4 is 19.4 Å². The summed E-state index contributed by atoms with van der Waals surface area (Å²) in [5.74, 6) is -3.06. The number of ketones is 2. The number of alkyl halides is 1. The van der Waals surface area contributed by atoms with Crippen LogP contribution in [-0.2, 0) is 18.7 Å². The first-order valence-electron chi connectivity index (χ1n) is 10.8. The summed E-state index contributed by atoms with van der Waals surface area (Å²) in [5, 5.41) is 22.8. The Hall–Kier alpha value is 0.780. The number of carbonyl (C=O) groups excluding carboxylic acids is 2. The Morgan fingerprint density at radius 1 is 1.29 bits per heavy atom. The molecule has 4 aliphatic carbocycles. The van der Waals surface area contributed by atoms with Gasteiger partial charge in [-0.15, -0.1) is 0 Å². The van der Waals surface area contributed by atoms with Crippen LogP contribution in [-0.4, -0.2) is 45.8 Å². The van der Waals surface area contributed by atoms with Gasteiger partial charge in [-0.1, -0.05) is 25.5 Å². The zero-order valence-corrected chi connectivity index (χ0v) is 25.1. The molecule has 8 nitrogen and oxygen atoms in total. The van der Waals surface area contributed by atoms with Crippen LogP contribution in [0.25, 0.3) is 0 Å². The molecule has 3 saturated carbocycles. The summed E-state index contributed by atoms with van der Waals surface area (Å²) in [6, 6.07) is 0. The summed E-state index contributed by atoms with van der Waals surface area (Å²) < 4.78 is 32.0. The molecule has 0 aliphatic heterocycles. The average molecular weight is 516 g/mol. The number of carbonyl (C=O) groups is 2. The maximum absolute atomic E-state index is 17.0. The molecular weight excluding hydrogens is 488 g/mol. The number of phosphoric ester groups is 1. The third-order valence-corrected chi connectivity index (χ3v) is 9.45. The van der Waals surface area contributed by atoms with Crippen LogP contribution in [0, 0.1) is 28.6 Å². The number of hydrogen-bond acceptors (Lipinski definition) is 8.